The molecule has 1 N–H and O–H groups in total. The second-order valence-electron chi connectivity index (χ2n) is 4.24. The van der Waals surface area contributed by atoms with E-state index in [-0.39, 0.29) is 11.6 Å². The van der Waals surface area contributed by atoms with Gasteiger partial charge in [-0.05, 0) is 15.9 Å². The van der Waals surface area contributed by atoms with Crippen molar-refractivity contribution in [3.05, 3.63) is 39.4 Å². The first-order valence-corrected chi connectivity index (χ1v) is 6.95. The Hall–Kier alpha value is -2.23. The predicted molar refractivity (Wildman–Crippen MR) is 76.4 cm³/mol. The van der Waals surface area contributed by atoms with Gasteiger partial charge in [-0.3, -0.25) is 24.3 Å². The third kappa shape index (κ3) is 4.67. The lowest BCUT2D eigenvalue weighted by molar-refractivity contribution is -0.385. The summed E-state index contributed by atoms with van der Waals surface area (Å²) in [5.41, 5.74) is -0.0643. The van der Waals surface area contributed by atoms with E-state index in [2.05, 4.69) is 31.4 Å². The molecule has 0 bridgehead atoms. The highest BCUT2D eigenvalue weighted by atomic mass is 79.9. The second-order valence-corrected chi connectivity index (χ2v) is 5.16. The van der Waals surface area contributed by atoms with E-state index in [1.807, 2.05) is 0 Å². The Morgan fingerprint density at radius 1 is 1.29 bits per heavy atom. The van der Waals surface area contributed by atoms with Crippen LogP contribution in [-0.2, 0) is 17.9 Å². The second kappa shape index (κ2) is 6.97. The smallest absolute Gasteiger partial charge is 0.306 e. The maximum absolute atomic E-state index is 11.6. The summed E-state index contributed by atoms with van der Waals surface area (Å²) in [6, 6.07) is 0. The van der Waals surface area contributed by atoms with Crippen LogP contribution in [0, 0.1) is 10.1 Å². The zero-order valence-electron chi connectivity index (χ0n) is 11.0. The Morgan fingerprint density at radius 3 is 2.62 bits per heavy atom. The van der Waals surface area contributed by atoms with Gasteiger partial charge in [0.25, 0.3) is 0 Å². The molecule has 0 aliphatic heterocycles. The Morgan fingerprint density at radius 2 is 2.00 bits per heavy atom. The van der Waals surface area contributed by atoms with E-state index in [9.17, 15) is 14.9 Å². The topological polar surface area (TPSA) is 108 Å². The highest BCUT2D eigenvalue weighted by Gasteiger charge is 2.08. The van der Waals surface area contributed by atoms with Gasteiger partial charge in [0, 0.05) is 25.7 Å². The number of amides is 1. The zero-order valence-corrected chi connectivity index (χ0v) is 12.6. The van der Waals surface area contributed by atoms with Crippen molar-refractivity contribution in [1.29, 1.82) is 0 Å². The Bertz CT molecular complexity index is 637. The van der Waals surface area contributed by atoms with Gasteiger partial charge in [0.1, 0.15) is 12.4 Å². The zero-order chi connectivity index (χ0) is 15.2. The fraction of sp³-hybridized carbons (Fsp3) is 0.364. The highest BCUT2D eigenvalue weighted by molar-refractivity contribution is 9.10. The van der Waals surface area contributed by atoms with Gasteiger partial charge in [-0.25, -0.2) is 0 Å². The molecule has 0 spiro atoms. The van der Waals surface area contributed by atoms with Crippen molar-refractivity contribution in [1.82, 2.24) is 24.9 Å². The molecule has 0 unspecified atom stereocenters. The van der Waals surface area contributed by atoms with Gasteiger partial charge in [0.15, 0.2) is 0 Å². The van der Waals surface area contributed by atoms with Crippen molar-refractivity contribution >= 4 is 27.5 Å². The average molecular weight is 357 g/mol. The number of aryl methyl sites for hydroxylation is 1. The number of rotatable bonds is 7. The van der Waals surface area contributed by atoms with Crippen molar-refractivity contribution < 1.29 is 9.72 Å². The molecule has 0 saturated heterocycles. The van der Waals surface area contributed by atoms with Crippen molar-refractivity contribution in [2.75, 3.05) is 6.54 Å². The molecule has 10 heteroatoms. The van der Waals surface area contributed by atoms with E-state index in [1.54, 1.807) is 17.1 Å². The van der Waals surface area contributed by atoms with Gasteiger partial charge in [-0.2, -0.15) is 10.2 Å². The fourth-order valence-corrected chi connectivity index (χ4v) is 1.97. The summed E-state index contributed by atoms with van der Waals surface area (Å²) in [4.78, 5) is 21.6. The highest BCUT2D eigenvalue weighted by Crippen LogP contribution is 2.07. The lowest BCUT2D eigenvalue weighted by Gasteiger charge is -2.05. The van der Waals surface area contributed by atoms with Crippen molar-refractivity contribution in [3.8, 4) is 0 Å². The van der Waals surface area contributed by atoms with Crippen molar-refractivity contribution in [3.63, 3.8) is 0 Å². The molecule has 2 aromatic heterocycles. The van der Waals surface area contributed by atoms with Gasteiger partial charge in [0.05, 0.1) is 22.1 Å². The molecule has 0 saturated carbocycles. The van der Waals surface area contributed by atoms with Crippen LogP contribution in [0.3, 0.4) is 0 Å². The number of nitro groups is 1. The van der Waals surface area contributed by atoms with Crippen LogP contribution in [0.2, 0.25) is 0 Å². The molecule has 2 rings (SSSR count). The molecule has 9 nitrogen and oxygen atoms in total. The number of halogens is 1. The lowest BCUT2D eigenvalue weighted by Crippen LogP contribution is -2.28. The number of nitrogens with zero attached hydrogens (tertiary/aromatic N) is 5. The van der Waals surface area contributed by atoms with Crippen LogP contribution in [0.5, 0.6) is 0 Å². The third-order valence-corrected chi connectivity index (χ3v) is 3.07. The minimum Gasteiger partial charge on any atom is -0.354 e. The Labute approximate surface area is 128 Å². The summed E-state index contributed by atoms with van der Waals surface area (Å²) in [5, 5.41) is 21.1. The maximum Gasteiger partial charge on any atom is 0.306 e. The largest absolute Gasteiger partial charge is 0.354 e. The molecule has 0 aromatic carbocycles. The van der Waals surface area contributed by atoms with Gasteiger partial charge >= 0.3 is 5.69 Å². The number of carbonyl (C=O) groups excluding carboxylic acids is 1. The summed E-state index contributed by atoms with van der Waals surface area (Å²) >= 11 is 3.28. The molecular weight excluding hydrogens is 344 g/mol. The van der Waals surface area contributed by atoms with Gasteiger partial charge < -0.3 is 5.32 Å². The van der Waals surface area contributed by atoms with Crippen LogP contribution in [0.25, 0.3) is 0 Å². The van der Waals surface area contributed by atoms with Crippen LogP contribution in [0.1, 0.15) is 6.42 Å². The quantitative estimate of drug-likeness (QED) is 0.587. The SMILES string of the molecule is O=C(CCn1cc(Br)cn1)NCCn1cc([N+](=O)[O-])cn1. The van der Waals surface area contributed by atoms with E-state index in [0.29, 0.717) is 26.1 Å². The maximum atomic E-state index is 11.6. The molecule has 2 heterocycles. The number of hydrogen-bond donors (Lipinski definition) is 1. The first-order valence-electron chi connectivity index (χ1n) is 6.16. The van der Waals surface area contributed by atoms with Gasteiger partial charge in [0.2, 0.25) is 5.91 Å². The molecule has 0 aliphatic carbocycles. The number of aromatic nitrogens is 4. The van der Waals surface area contributed by atoms with Crippen molar-refractivity contribution in [2.24, 2.45) is 0 Å². The summed E-state index contributed by atoms with van der Waals surface area (Å²) in [6.45, 7) is 1.23. The molecule has 1 amide bonds. The minimum absolute atomic E-state index is 0.0643. The monoisotopic (exact) mass is 356 g/mol. The van der Waals surface area contributed by atoms with E-state index in [4.69, 9.17) is 0 Å². The summed E-state index contributed by atoms with van der Waals surface area (Å²) in [7, 11) is 0. The standard InChI is InChI=1S/C11H13BrN6O3/c12-9-5-14-16(7-9)3-1-11(19)13-2-4-17-8-10(6-15-17)18(20)21/h5-8H,1-4H2,(H,13,19). The molecule has 21 heavy (non-hydrogen) atoms. The fourth-order valence-electron chi connectivity index (χ4n) is 1.64. The van der Waals surface area contributed by atoms with E-state index >= 15 is 0 Å². The van der Waals surface area contributed by atoms with E-state index in [0.717, 1.165) is 4.47 Å². The molecule has 0 atom stereocenters. The number of hydrogen-bond acceptors (Lipinski definition) is 5. The van der Waals surface area contributed by atoms with Crippen LogP contribution in [-0.4, -0.2) is 36.9 Å². The van der Waals surface area contributed by atoms with Crippen LogP contribution in [0.15, 0.2) is 29.3 Å². The summed E-state index contributed by atoms with van der Waals surface area (Å²) < 4.78 is 3.95. The van der Waals surface area contributed by atoms with Crippen LogP contribution in [0.4, 0.5) is 5.69 Å². The van der Waals surface area contributed by atoms with Crippen LogP contribution >= 0.6 is 15.9 Å². The predicted octanol–water partition coefficient (Wildman–Crippen LogP) is 0.957. The van der Waals surface area contributed by atoms with E-state index < -0.39 is 4.92 Å². The molecule has 0 fully saturated rings. The van der Waals surface area contributed by atoms with Crippen LogP contribution < -0.4 is 5.32 Å². The first kappa shape index (κ1) is 15.2. The summed E-state index contributed by atoms with van der Waals surface area (Å²) in [6.07, 6.45) is 6.26. The molecule has 0 aliphatic rings. The summed E-state index contributed by atoms with van der Waals surface area (Å²) in [5.74, 6) is -0.108. The van der Waals surface area contributed by atoms with Gasteiger partial charge in [-0.15, -0.1) is 0 Å². The average Bonchev–Trinajstić information content (AvgIpc) is 3.05. The Kier molecular flexibility index (Phi) is 5.04. The minimum atomic E-state index is -0.510. The molecule has 2 aromatic rings. The molecular formula is C11H13BrN6O3. The normalized spacial score (nSPS) is 10.5. The first-order chi connectivity index (χ1) is 10.0. The third-order valence-electron chi connectivity index (χ3n) is 2.66. The van der Waals surface area contributed by atoms with E-state index in [1.165, 1.54) is 17.1 Å². The van der Waals surface area contributed by atoms with Crippen molar-refractivity contribution in [2.45, 2.75) is 19.5 Å². The van der Waals surface area contributed by atoms with Gasteiger partial charge in [-0.1, -0.05) is 0 Å². The lowest BCUT2D eigenvalue weighted by atomic mass is 10.4. The molecule has 112 valence electrons. The number of carbonyl (C=O) groups is 1. The molecule has 0 radical (unpaired) electrons. The number of nitrogens with one attached hydrogen (secondary N) is 1. The Balaban J connectivity index is 1.67.